The molecular formula is C13H22N2O4S2. The zero-order valence-electron chi connectivity index (χ0n) is 12.5. The Morgan fingerprint density at radius 3 is 2.71 bits per heavy atom. The first-order chi connectivity index (χ1) is 9.81. The van der Waals surface area contributed by atoms with Crippen LogP contribution in [0, 0.1) is 0 Å². The Morgan fingerprint density at radius 2 is 2.19 bits per heavy atom. The molecule has 1 aromatic rings. The lowest BCUT2D eigenvalue weighted by atomic mass is 10.3. The van der Waals surface area contributed by atoms with E-state index in [4.69, 9.17) is 5.11 Å². The molecule has 0 aromatic carbocycles. The van der Waals surface area contributed by atoms with Crippen LogP contribution in [0.2, 0.25) is 0 Å². The van der Waals surface area contributed by atoms with Crippen molar-refractivity contribution in [3.8, 4) is 0 Å². The van der Waals surface area contributed by atoms with Crippen LogP contribution in [-0.4, -0.2) is 42.1 Å². The summed E-state index contributed by atoms with van der Waals surface area (Å²) in [5.41, 5.74) is -0.00556. The molecule has 120 valence electrons. The van der Waals surface area contributed by atoms with E-state index in [0.29, 0.717) is 6.54 Å². The highest BCUT2D eigenvalue weighted by Gasteiger charge is 2.22. The highest BCUT2D eigenvalue weighted by atomic mass is 32.2. The summed E-state index contributed by atoms with van der Waals surface area (Å²) in [6, 6.07) is 1.02. The third-order valence-electron chi connectivity index (χ3n) is 2.98. The summed E-state index contributed by atoms with van der Waals surface area (Å²) in [4.78, 5) is 11.2. The maximum atomic E-state index is 12.3. The summed E-state index contributed by atoms with van der Waals surface area (Å²) in [5.74, 6) is -0.263. The van der Waals surface area contributed by atoms with Gasteiger partial charge in [0, 0.05) is 18.8 Å². The fourth-order valence-electron chi connectivity index (χ4n) is 1.92. The number of carbonyl (C=O) groups is 1. The molecule has 0 aliphatic carbocycles. The summed E-state index contributed by atoms with van der Waals surface area (Å²) in [6.07, 6.45) is 4.80. The molecule has 0 aliphatic heterocycles. The highest BCUT2D eigenvalue weighted by molar-refractivity contribution is 7.98. The normalized spacial score (nSPS) is 13.3. The highest BCUT2D eigenvalue weighted by Crippen LogP contribution is 2.16. The lowest BCUT2D eigenvalue weighted by molar-refractivity contribution is 0.0685. The zero-order valence-corrected chi connectivity index (χ0v) is 14.1. The average molecular weight is 334 g/mol. The molecular weight excluding hydrogens is 312 g/mol. The van der Waals surface area contributed by atoms with Crippen molar-refractivity contribution in [2.24, 2.45) is 0 Å². The second-order valence-corrected chi connectivity index (χ2v) is 7.56. The molecule has 1 rings (SSSR count). The second kappa shape index (κ2) is 7.86. The van der Waals surface area contributed by atoms with Gasteiger partial charge in [-0.05, 0) is 37.8 Å². The van der Waals surface area contributed by atoms with Gasteiger partial charge in [-0.25, -0.2) is 17.9 Å². The van der Waals surface area contributed by atoms with Crippen LogP contribution in [0.4, 0.5) is 0 Å². The molecule has 0 saturated carbocycles. The van der Waals surface area contributed by atoms with Crippen molar-refractivity contribution < 1.29 is 18.3 Å². The number of aromatic carboxylic acids is 1. The summed E-state index contributed by atoms with van der Waals surface area (Å²) in [6.45, 7) is 4.18. The molecule has 8 heteroatoms. The SMILES string of the molecule is CCCn1cc(S(=O)(=O)NC(C)CCSC)cc1C(=O)O. The van der Waals surface area contributed by atoms with Crippen molar-refractivity contribution >= 4 is 27.8 Å². The molecule has 0 radical (unpaired) electrons. The van der Waals surface area contributed by atoms with Crippen molar-refractivity contribution in [1.29, 1.82) is 0 Å². The van der Waals surface area contributed by atoms with Gasteiger partial charge in [0.05, 0.1) is 0 Å². The monoisotopic (exact) mass is 334 g/mol. The van der Waals surface area contributed by atoms with E-state index in [2.05, 4.69) is 4.72 Å². The van der Waals surface area contributed by atoms with Gasteiger partial charge < -0.3 is 9.67 Å². The summed E-state index contributed by atoms with van der Waals surface area (Å²) in [5, 5.41) is 9.13. The number of nitrogens with one attached hydrogen (secondary N) is 1. The van der Waals surface area contributed by atoms with Crippen LogP contribution in [0.25, 0.3) is 0 Å². The molecule has 1 heterocycles. The van der Waals surface area contributed by atoms with Crippen molar-refractivity contribution in [2.45, 2.75) is 44.2 Å². The van der Waals surface area contributed by atoms with Gasteiger partial charge in [-0.1, -0.05) is 6.92 Å². The predicted octanol–water partition coefficient (Wildman–Crippen LogP) is 2.02. The van der Waals surface area contributed by atoms with Gasteiger partial charge in [0.2, 0.25) is 10.0 Å². The Labute approximate surface area is 130 Å². The van der Waals surface area contributed by atoms with Gasteiger partial charge in [-0.2, -0.15) is 11.8 Å². The Morgan fingerprint density at radius 1 is 1.52 bits per heavy atom. The Bertz CT molecular complexity index is 581. The molecule has 1 atom stereocenters. The van der Waals surface area contributed by atoms with Crippen LogP contribution in [0.15, 0.2) is 17.2 Å². The number of aryl methyl sites for hydroxylation is 1. The Kier molecular flexibility index (Phi) is 6.76. The predicted molar refractivity (Wildman–Crippen MR) is 84.5 cm³/mol. The van der Waals surface area contributed by atoms with Crippen LogP contribution in [-0.2, 0) is 16.6 Å². The fraction of sp³-hybridized carbons (Fsp3) is 0.615. The number of sulfonamides is 1. The molecule has 0 saturated heterocycles. The molecule has 2 N–H and O–H groups in total. The number of hydrogen-bond donors (Lipinski definition) is 2. The van der Waals surface area contributed by atoms with Crippen molar-refractivity contribution in [3.63, 3.8) is 0 Å². The first kappa shape index (κ1) is 18.1. The third-order valence-corrected chi connectivity index (χ3v) is 5.18. The minimum atomic E-state index is -3.69. The number of thioether (sulfide) groups is 1. The van der Waals surface area contributed by atoms with Crippen molar-refractivity contribution in [3.05, 3.63) is 18.0 Å². The van der Waals surface area contributed by atoms with Crippen LogP contribution >= 0.6 is 11.8 Å². The number of hydrogen-bond acceptors (Lipinski definition) is 4. The maximum Gasteiger partial charge on any atom is 0.352 e. The molecule has 1 aromatic heterocycles. The topological polar surface area (TPSA) is 88.4 Å². The minimum Gasteiger partial charge on any atom is -0.477 e. The zero-order chi connectivity index (χ0) is 16.0. The average Bonchev–Trinajstić information content (AvgIpc) is 2.81. The van der Waals surface area contributed by atoms with Crippen LogP contribution < -0.4 is 4.72 Å². The molecule has 1 unspecified atom stereocenters. The first-order valence-electron chi connectivity index (χ1n) is 6.76. The van der Waals surface area contributed by atoms with Crippen LogP contribution in [0.1, 0.15) is 37.2 Å². The molecule has 0 spiro atoms. The van der Waals surface area contributed by atoms with E-state index in [9.17, 15) is 13.2 Å². The van der Waals surface area contributed by atoms with E-state index in [1.54, 1.807) is 18.7 Å². The number of aromatic nitrogens is 1. The summed E-state index contributed by atoms with van der Waals surface area (Å²) >= 11 is 1.65. The van der Waals surface area contributed by atoms with E-state index in [1.807, 2.05) is 13.2 Å². The van der Waals surface area contributed by atoms with E-state index in [1.165, 1.54) is 16.8 Å². The van der Waals surface area contributed by atoms with E-state index in [0.717, 1.165) is 18.6 Å². The van der Waals surface area contributed by atoms with Gasteiger partial charge >= 0.3 is 5.97 Å². The third kappa shape index (κ3) is 5.05. The quantitative estimate of drug-likeness (QED) is 0.721. The molecule has 21 heavy (non-hydrogen) atoms. The van der Waals surface area contributed by atoms with Gasteiger partial charge in [0.1, 0.15) is 10.6 Å². The van der Waals surface area contributed by atoms with Gasteiger partial charge in [-0.15, -0.1) is 0 Å². The minimum absolute atomic E-state index is 0.00403. The summed E-state index contributed by atoms with van der Waals surface area (Å²) < 4.78 is 28.6. The second-order valence-electron chi connectivity index (χ2n) is 4.86. The first-order valence-corrected chi connectivity index (χ1v) is 9.64. The van der Waals surface area contributed by atoms with Crippen molar-refractivity contribution in [2.75, 3.05) is 12.0 Å². The van der Waals surface area contributed by atoms with E-state index in [-0.39, 0.29) is 16.6 Å². The van der Waals surface area contributed by atoms with E-state index < -0.39 is 16.0 Å². The van der Waals surface area contributed by atoms with Gasteiger partial charge in [0.15, 0.2) is 0 Å². The van der Waals surface area contributed by atoms with Gasteiger partial charge in [0.25, 0.3) is 0 Å². The molecule has 0 aliphatic rings. The van der Waals surface area contributed by atoms with Crippen LogP contribution in [0.5, 0.6) is 0 Å². The molecule has 0 amide bonds. The molecule has 6 nitrogen and oxygen atoms in total. The fourth-order valence-corrected chi connectivity index (χ4v) is 3.83. The smallest absolute Gasteiger partial charge is 0.352 e. The van der Waals surface area contributed by atoms with Crippen LogP contribution in [0.3, 0.4) is 0 Å². The lowest BCUT2D eigenvalue weighted by Crippen LogP contribution is -2.32. The van der Waals surface area contributed by atoms with Gasteiger partial charge in [-0.3, -0.25) is 0 Å². The number of nitrogens with zero attached hydrogens (tertiary/aromatic N) is 1. The molecule has 0 bridgehead atoms. The lowest BCUT2D eigenvalue weighted by Gasteiger charge is -2.12. The standard InChI is InChI=1S/C13H22N2O4S2/c1-4-6-15-9-11(8-12(15)13(16)17)21(18,19)14-10(2)5-7-20-3/h8-10,14H,4-7H2,1-3H3,(H,16,17). The Hall–Kier alpha value is -0.990. The maximum absolute atomic E-state index is 12.3. The van der Waals surface area contributed by atoms with Crippen molar-refractivity contribution in [1.82, 2.24) is 9.29 Å². The number of carboxylic acid groups (broad SMARTS) is 1. The summed E-state index contributed by atoms with van der Waals surface area (Å²) in [7, 11) is -3.69. The molecule has 0 fully saturated rings. The number of rotatable bonds is 9. The largest absolute Gasteiger partial charge is 0.477 e. The Balaban J connectivity index is 2.97. The number of carboxylic acids is 1. The van der Waals surface area contributed by atoms with E-state index >= 15 is 0 Å².